The highest BCUT2D eigenvalue weighted by Gasteiger charge is 2.26. The third-order valence-electron chi connectivity index (χ3n) is 4.31. The van der Waals surface area contributed by atoms with Crippen LogP contribution in [0.2, 0.25) is 0 Å². The molecule has 2 rings (SSSR count). The molecule has 0 aromatic carbocycles. The standard InChI is InChI=1S/C16H24N4O4/c1-5-24-16(23)20-8-6-12(7-9-20)17-14(21)13-10(2)11(3)18-19(4)15(13)22/h12H,5-9H2,1-4H3,(H,17,21). The number of amides is 2. The number of rotatable bonds is 3. The van der Waals surface area contributed by atoms with Gasteiger partial charge in [-0.25, -0.2) is 9.48 Å². The molecule has 0 atom stereocenters. The Balaban J connectivity index is 2.03. The Morgan fingerprint density at radius 2 is 1.92 bits per heavy atom. The van der Waals surface area contributed by atoms with E-state index >= 15 is 0 Å². The van der Waals surface area contributed by atoms with E-state index in [0.29, 0.717) is 43.8 Å². The fraction of sp³-hybridized carbons (Fsp3) is 0.625. The zero-order valence-electron chi connectivity index (χ0n) is 14.6. The molecule has 132 valence electrons. The van der Waals surface area contributed by atoms with Gasteiger partial charge in [-0.3, -0.25) is 9.59 Å². The van der Waals surface area contributed by atoms with Crippen LogP contribution in [0.25, 0.3) is 0 Å². The maximum Gasteiger partial charge on any atom is 0.409 e. The molecule has 2 amide bonds. The van der Waals surface area contributed by atoms with Gasteiger partial charge in [0, 0.05) is 26.2 Å². The van der Waals surface area contributed by atoms with Crippen LogP contribution in [0.5, 0.6) is 0 Å². The van der Waals surface area contributed by atoms with Gasteiger partial charge < -0.3 is 15.0 Å². The van der Waals surface area contributed by atoms with Crippen molar-refractivity contribution in [3.63, 3.8) is 0 Å². The second kappa shape index (κ2) is 7.46. The Morgan fingerprint density at radius 3 is 2.50 bits per heavy atom. The summed E-state index contributed by atoms with van der Waals surface area (Å²) in [6.07, 6.45) is 0.943. The number of carbonyl (C=O) groups is 2. The van der Waals surface area contributed by atoms with Crippen molar-refractivity contribution < 1.29 is 14.3 Å². The second-order valence-electron chi connectivity index (χ2n) is 5.95. The minimum atomic E-state index is -0.403. The first kappa shape index (κ1) is 18.0. The molecular weight excluding hydrogens is 312 g/mol. The first-order chi connectivity index (χ1) is 11.3. The second-order valence-corrected chi connectivity index (χ2v) is 5.95. The highest BCUT2D eigenvalue weighted by Crippen LogP contribution is 2.13. The molecule has 1 aliphatic rings. The third kappa shape index (κ3) is 3.74. The topological polar surface area (TPSA) is 93.5 Å². The van der Waals surface area contributed by atoms with E-state index in [1.165, 1.54) is 11.7 Å². The number of nitrogens with one attached hydrogen (secondary N) is 1. The van der Waals surface area contributed by atoms with Gasteiger partial charge in [0.1, 0.15) is 5.56 Å². The maximum absolute atomic E-state index is 12.5. The molecule has 2 heterocycles. The molecule has 8 nitrogen and oxygen atoms in total. The number of aromatic nitrogens is 2. The van der Waals surface area contributed by atoms with Crippen molar-refractivity contribution in [2.45, 2.75) is 39.7 Å². The molecule has 1 N–H and O–H groups in total. The molecule has 8 heteroatoms. The lowest BCUT2D eigenvalue weighted by atomic mass is 10.0. The summed E-state index contributed by atoms with van der Waals surface area (Å²) in [7, 11) is 1.53. The van der Waals surface area contributed by atoms with E-state index in [-0.39, 0.29) is 23.6 Å². The predicted octanol–water partition coefficient (Wildman–Crippen LogP) is 0.748. The number of hydrogen-bond acceptors (Lipinski definition) is 5. The molecule has 0 bridgehead atoms. The number of likely N-dealkylation sites (tertiary alicyclic amines) is 1. The van der Waals surface area contributed by atoms with Gasteiger partial charge in [-0.05, 0) is 39.2 Å². The Bertz CT molecular complexity index is 690. The van der Waals surface area contributed by atoms with E-state index in [9.17, 15) is 14.4 Å². The highest BCUT2D eigenvalue weighted by molar-refractivity contribution is 5.95. The Kier molecular flexibility index (Phi) is 5.58. The van der Waals surface area contributed by atoms with Crippen LogP contribution < -0.4 is 10.9 Å². The fourth-order valence-corrected chi connectivity index (χ4v) is 2.79. The van der Waals surface area contributed by atoms with Crippen molar-refractivity contribution in [2.24, 2.45) is 7.05 Å². The van der Waals surface area contributed by atoms with Crippen LogP contribution in [0.3, 0.4) is 0 Å². The number of piperidine rings is 1. The van der Waals surface area contributed by atoms with Crippen LogP contribution in [0, 0.1) is 13.8 Å². The van der Waals surface area contributed by atoms with Crippen LogP contribution in [-0.4, -0.2) is 52.4 Å². The maximum atomic E-state index is 12.5. The number of hydrogen-bond donors (Lipinski definition) is 1. The van der Waals surface area contributed by atoms with Gasteiger partial charge in [-0.15, -0.1) is 0 Å². The van der Waals surface area contributed by atoms with E-state index in [0.717, 1.165) is 0 Å². The van der Waals surface area contributed by atoms with Gasteiger partial charge in [0.15, 0.2) is 0 Å². The van der Waals surface area contributed by atoms with Gasteiger partial charge in [-0.1, -0.05) is 0 Å². The van der Waals surface area contributed by atoms with E-state index in [4.69, 9.17) is 4.74 Å². The highest BCUT2D eigenvalue weighted by atomic mass is 16.6. The van der Waals surface area contributed by atoms with Crippen molar-refractivity contribution >= 4 is 12.0 Å². The van der Waals surface area contributed by atoms with Crippen LogP contribution >= 0.6 is 0 Å². The van der Waals surface area contributed by atoms with E-state index in [1.807, 2.05) is 0 Å². The Hall–Kier alpha value is -2.38. The zero-order valence-corrected chi connectivity index (χ0v) is 14.6. The van der Waals surface area contributed by atoms with Gasteiger partial charge in [0.25, 0.3) is 11.5 Å². The van der Waals surface area contributed by atoms with Gasteiger partial charge in [-0.2, -0.15) is 5.10 Å². The van der Waals surface area contributed by atoms with Crippen molar-refractivity contribution in [1.29, 1.82) is 0 Å². The molecule has 1 aromatic heterocycles. The van der Waals surface area contributed by atoms with Gasteiger partial charge in [0.2, 0.25) is 0 Å². The zero-order chi connectivity index (χ0) is 17.9. The third-order valence-corrected chi connectivity index (χ3v) is 4.31. The molecule has 0 spiro atoms. The molecule has 1 aromatic rings. The molecule has 0 unspecified atom stereocenters. The lowest BCUT2D eigenvalue weighted by molar-refractivity contribution is 0.0858. The smallest absolute Gasteiger partial charge is 0.409 e. The Morgan fingerprint density at radius 1 is 1.29 bits per heavy atom. The molecule has 1 aliphatic heterocycles. The molecule has 0 radical (unpaired) electrons. The summed E-state index contributed by atoms with van der Waals surface area (Å²) in [5.41, 5.74) is 0.983. The van der Waals surface area contributed by atoms with Gasteiger partial charge in [0.05, 0.1) is 12.3 Å². The van der Waals surface area contributed by atoms with E-state index < -0.39 is 5.56 Å². The van der Waals surface area contributed by atoms with Crippen LogP contribution in [0.1, 0.15) is 41.4 Å². The van der Waals surface area contributed by atoms with Gasteiger partial charge >= 0.3 is 6.09 Å². The van der Waals surface area contributed by atoms with E-state index in [1.54, 1.807) is 25.7 Å². The summed E-state index contributed by atoms with van der Waals surface area (Å²) in [6.45, 7) is 6.65. The predicted molar refractivity (Wildman–Crippen MR) is 88.0 cm³/mol. The summed E-state index contributed by atoms with van der Waals surface area (Å²) in [6, 6.07) is -0.0687. The van der Waals surface area contributed by atoms with Crippen molar-refractivity contribution in [1.82, 2.24) is 20.0 Å². The summed E-state index contributed by atoms with van der Waals surface area (Å²) in [5, 5.41) is 6.98. The van der Waals surface area contributed by atoms with Crippen LogP contribution in [-0.2, 0) is 11.8 Å². The summed E-state index contributed by atoms with van der Waals surface area (Å²) < 4.78 is 6.15. The molecule has 0 aliphatic carbocycles. The average molecular weight is 336 g/mol. The van der Waals surface area contributed by atoms with Crippen molar-refractivity contribution in [2.75, 3.05) is 19.7 Å². The monoisotopic (exact) mass is 336 g/mol. The number of aryl methyl sites for hydroxylation is 2. The first-order valence-electron chi connectivity index (χ1n) is 8.12. The number of nitrogens with zero attached hydrogens (tertiary/aromatic N) is 3. The molecule has 1 fully saturated rings. The summed E-state index contributed by atoms with van der Waals surface area (Å²) in [5.74, 6) is -0.381. The van der Waals surface area contributed by atoms with Crippen molar-refractivity contribution in [3.05, 3.63) is 27.2 Å². The lowest BCUT2D eigenvalue weighted by Gasteiger charge is -2.31. The average Bonchev–Trinajstić information content (AvgIpc) is 2.54. The lowest BCUT2D eigenvalue weighted by Crippen LogP contribution is -2.48. The normalized spacial score (nSPS) is 15.2. The Labute approximate surface area is 140 Å². The number of ether oxygens (including phenoxy) is 1. The largest absolute Gasteiger partial charge is 0.450 e. The molecular formula is C16H24N4O4. The molecule has 0 saturated carbocycles. The number of carbonyl (C=O) groups excluding carboxylic acids is 2. The minimum absolute atomic E-state index is 0.0687. The van der Waals surface area contributed by atoms with E-state index in [2.05, 4.69) is 10.4 Å². The summed E-state index contributed by atoms with van der Waals surface area (Å²) >= 11 is 0. The fourth-order valence-electron chi connectivity index (χ4n) is 2.79. The molecule has 1 saturated heterocycles. The van der Waals surface area contributed by atoms with Crippen LogP contribution in [0.4, 0.5) is 4.79 Å². The first-order valence-corrected chi connectivity index (χ1v) is 8.12. The van der Waals surface area contributed by atoms with Crippen molar-refractivity contribution in [3.8, 4) is 0 Å². The summed E-state index contributed by atoms with van der Waals surface area (Å²) in [4.78, 5) is 38.0. The molecule has 24 heavy (non-hydrogen) atoms. The minimum Gasteiger partial charge on any atom is -0.450 e. The quantitative estimate of drug-likeness (QED) is 0.879. The SMILES string of the molecule is CCOC(=O)N1CCC(NC(=O)c2c(C)c(C)nn(C)c2=O)CC1. The van der Waals surface area contributed by atoms with Crippen LogP contribution in [0.15, 0.2) is 4.79 Å².